The van der Waals surface area contributed by atoms with E-state index in [9.17, 15) is 4.79 Å². The zero-order valence-electron chi connectivity index (χ0n) is 19.3. The molecule has 1 spiro atoms. The summed E-state index contributed by atoms with van der Waals surface area (Å²) in [6, 6.07) is 12.2. The van der Waals surface area contributed by atoms with Crippen molar-refractivity contribution in [2.75, 3.05) is 30.3 Å². The number of carbonyl (C=O) groups is 1. The maximum atomic E-state index is 13.3. The quantitative estimate of drug-likeness (QED) is 0.716. The van der Waals surface area contributed by atoms with Gasteiger partial charge in [-0.25, -0.2) is 4.98 Å². The molecule has 7 heteroatoms. The molecule has 1 saturated heterocycles. The van der Waals surface area contributed by atoms with E-state index in [1.165, 1.54) is 12.8 Å². The van der Waals surface area contributed by atoms with Gasteiger partial charge >= 0.3 is 0 Å². The fourth-order valence-electron chi connectivity index (χ4n) is 5.25. The number of ether oxygens (including phenoxy) is 1. The highest BCUT2D eigenvalue weighted by Crippen LogP contribution is 2.36. The number of pyridine rings is 1. The van der Waals surface area contributed by atoms with E-state index < -0.39 is 5.54 Å². The Morgan fingerprint density at radius 3 is 2.82 bits per heavy atom. The molecule has 1 aromatic heterocycles. The van der Waals surface area contributed by atoms with E-state index in [1.807, 2.05) is 48.2 Å². The molecule has 1 amide bonds. The summed E-state index contributed by atoms with van der Waals surface area (Å²) in [5.41, 5.74) is 1.58. The number of nitrogens with zero attached hydrogens (tertiary/aromatic N) is 3. The van der Waals surface area contributed by atoms with Crippen LogP contribution in [0.15, 0.2) is 47.6 Å². The van der Waals surface area contributed by atoms with Crippen molar-refractivity contribution < 1.29 is 9.53 Å². The van der Waals surface area contributed by atoms with Crippen LogP contribution in [-0.4, -0.2) is 52.9 Å². The average molecular weight is 448 g/mol. The van der Waals surface area contributed by atoms with E-state index in [2.05, 4.69) is 15.6 Å². The first-order valence-corrected chi connectivity index (χ1v) is 12.2. The lowest BCUT2D eigenvalue weighted by atomic mass is 9.85. The molecule has 3 heterocycles. The van der Waals surface area contributed by atoms with Gasteiger partial charge in [0.15, 0.2) is 5.82 Å². The summed E-state index contributed by atoms with van der Waals surface area (Å²) in [5, 5.41) is 7.28. The normalized spacial score (nSPS) is 23.8. The first-order valence-electron chi connectivity index (χ1n) is 12.2. The van der Waals surface area contributed by atoms with Crippen LogP contribution in [0.2, 0.25) is 0 Å². The SMILES string of the molecule is CCOc1ccc(CC(=O)N2CCC[C@@]3(C2)Nc2cccnc2NC3=NC2CCCC2)cc1. The highest BCUT2D eigenvalue weighted by atomic mass is 16.5. The predicted molar refractivity (Wildman–Crippen MR) is 131 cm³/mol. The molecule has 1 aliphatic carbocycles. The molecule has 33 heavy (non-hydrogen) atoms. The van der Waals surface area contributed by atoms with Crippen molar-refractivity contribution in [1.82, 2.24) is 9.88 Å². The number of rotatable bonds is 5. The molecule has 1 aromatic carbocycles. The van der Waals surface area contributed by atoms with Crippen LogP contribution in [0.1, 0.15) is 51.0 Å². The van der Waals surface area contributed by atoms with E-state index >= 15 is 0 Å². The molecule has 0 radical (unpaired) electrons. The van der Waals surface area contributed by atoms with Gasteiger partial charge in [-0.1, -0.05) is 25.0 Å². The Balaban J connectivity index is 1.36. The Morgan fingerprint density at radius 2 is 2.03 bits per heavy atom. The number of aromatic nitrogens is 1. The predicted octanol–water partition coefficient (Wildman–Crippen LogP) is 4.26. The minimum atomic E-state index is -0.397. The molecule has 0 bridgehead atoms. The van der Waals surface area contributed by atoms with Gasteiger partial charge in [-0.2, -0.15) is 0 Å². The Hall–Kier alpha value is -3.09. The lowest BCUT2D eigenvalue weighted by Crippen LogP contribution is -2.63. The molecule has 5 rings (SSSR count). The minimum Gasteiger partial charge on any atom is -0.494 e. The number of hydrogen-bond donors (Lipinski definition) is 2. The molecular formula is C26H33N5O2. The van der Waals surface area contributed by atoms with Gasteiger partial charge in [0.25, 0.3) is 0 Å². The van der Waals surface area contributed by atoms with Crippen LogP contribution in [0.5, 0.6) is 5.75 Å². The second-order valence-electron chi connectivity index (χ2n) is 9.32. The number of amides is 1. The van der Waals surface area contributed by atoms with Crippen LogP contribution < -0.4 is 15.4 Å². The lowest BCUT2D eigenvalue weighted by Gasteiger charge is -2.47. The van der Waals surface area contributed by atoms with E-state index in [0.717, 1.165) is 60.9 Å². The Bertz CT molecular complexity index is 1020. The molecule has 1 atom stereocenters. The summed E-state index contributed by atoms with van der Waals surface area (Å²) in [6.07, 6.45) is 8.81. The highest BCUT2D eigenvalue weighted by Gasteiger charge is 2.45. The van der Waals surface area contributed by atoms with E-state index in [1.54, 1.807) is 6.20 Å². The van der Waals surface area contributed by atoms with Crippen LogP contribution in [0, 0.1) is 0 Å². The number of piperidine rings is 1. The summed E-state index contributed by atoms with van der Waals surface area (Å²) >= 11 is 0. The number of likely N-dealkylation sites (tertiary alicyclic amines) is 1. The Kier molecular flexibility index (Phi) is 6.20. The number of carbonyl (C=O) groups excluding carboxylic acids is 1. The third-order valence-corrected chi connectivity index (χ3v) is 6.94. The molecule has 7 nitrogen and oxygen atoms in total. The second kappa shape index (κ2) is 9.41. The molecule has 0 unspecified atom stereocenters. The topological polar surface area (TPSA) is 78.8 Å². The summed E-state index contributed by atoms with van der Waals surface area (Å²) in [5.74, 6) is 2.75. The van der Waals surface area contributed by atoms with Crippen LogP contribution in [0.3, 0.4) is 0 Å². The fourth-order valence-corrected chi connectivity index (χ4v) is 5.25. The van der Waals surface area contributed by atoms with Gasteiger partial charge in [0, 0.05) is 12.7 Å². The average Bonchev–Trinajstić information content (AvgIpc) is 3.34. The fraction of sp³-hybridized carbons (Fsp3) is 0.500. The Labute approximate surface area is 195 Å². The van der Waals surface area contributed by atoms with Gasteiger partial charge < -0.3 is 20.3 Å². The van der Waals surface area contributed by atoms with Crippen molar-refractivity contribution in [2.45, 2.75) is 63.5 Å². The van der Waals surface area contributed by atoms with Crippen LogP contribution in [0.4, 0.5) is 11.5 Å². The maximum absolute atomic E-state index is 13.3. The summed E-state index contributed by atoms with van der Waals surface area (Å²) in [7, 11) is 0. The van der Waals surface area contributed by atoms with Gasteiger partial charge in [0.1, 0.15) is 17.1 Å². The smallest absolute Gasteiger partial charge is 0.227 e. The number of nitrogens with one attached hydrogen (secondary N) is 2. The van der Waals surface area contributed by atoms with Gasteiger partial charge in [0.05, 0.1) is 31.3 Å². The zero-order valence-corrected chi connectivity index (χ0v) is 19.3. The summed E-state index contributed by atoms with van der Waals surface area (Å²) in [6.45, 7) is 3.99. The van der Waals surface area contributed by atoms with Crippen molar-refractivity contribution in [1.29, 1.82) is 0 Å². The van der Waals surface area contributed by atoms with Crippen molar-refractivity contribution in [3.05, 3.63) is 48.2 Å². The van der Waals surface area contributed by atoms with Gasteiger partial charge in [-0.15, -0.1) is 0 Å². The molecule has 2 fully saturated rings. The first-order chi connectivity index (χ1) is 16.1. The van der Waals surface area contributed by atoms with E-state index in [0.29, 0.717) is 25.6 Å². The zero-order chi connectivity index (χ0) is 22.7. The third kappa shape index (κ3) is 4.68. The largest absolute Gasteiger partial charge is 0.494 e. The lowest BCUT2D eigenvalue weighted by molar-refractivity contribution is -0.131. The summed E-state index contributed by atoms with van der Waals surface area (Å²) < 4.78 is 5.52. The molecule has 2 N–H and O–H groups in total. The first kappa shape index (κ1) is 21.7. The number of benzene rings is 1. The van der Waals surface area contributed by atoms with Crippen molar-refractivity contribution in [3.63, 3.8) is 0 Å². The van der Waals surface area contributed by atoms with Gasteiger partial charge in [-0.05, 0) is 62.4 Å². The van der Waals surface area contributed by atoms with Crippen molar-refractivity contribution in [2.24, 2.45) is 4.99 Å². The molecule has 2 aromatic rings. The molecule has 3 aliphatic rings. The number of aliphatic imine (C=N–C) groups is 1. The number of amidine groups is 1. The third-order valence-electron chi connectivity index (χ3n) is 6.94. The second-order valence-corrected chi connectivity index (χ2v) is 9.32. The minimum absolute atomic E-state index is 0.150. The van der Waals surface area contributed by atoms with E-state index in [-0.39, 0.29) is 5.91 Å². The van der Waals surface area contributed by atoms with Crippen molar-refractivity contribution >= 4 is 23.2 Å². The number of hydrogen-bond acceptors (Lipinski definition) is 5. The standard InChI is InChI=1S/C26H33N5O2/c1-2-33-21-12-10-19(11-13-21)17-23(32)31-16-6-14-26(18-31)25(28-20-7-3-4-8-20)29-24-22(30-26)9-5-15-27-24/h5,9-13,15,20,30H,2-4,6-8,14,16-18H2,1H3,(H,27,28,29)/t26-/m0/s1. The molecule has 174 valence electrons. The Morgan fingerprint density at radius 1 is 1.21 bits per heavy atom. The van der Waals surface area contributed by atoms with Gasteiger partial charge in [-0.3, -0.25) is 9.79 Å². The molecule has 2 aliphatic heterocycles. The van der Waals surface area contributed by atoms with E-state index in [4.69, 9.17) is 9.73 Å². The monoisotopic (exact) mass is 447 g/mol. The molecule has 1 saturated carbocycles. The molecular weight excluding hydrogens is 414 g/mol. The van der Waals surface area contributed by atoms with Crippen LogP contribution in [-0.2, 0) is 11.2 Å². The number of fused-ring (bicyclic) bond motifs is 1. The number of anilines is 2. The maximum Gasteiger partial charge on any atom is 0.227 e. The summed E-state index contributed by atoms with van der Waals surface area (Å²) in [4.78, 5) is 25.0. The van der Waals surface area contributed by atoms with Crippen LogP contribution in [0.25, 0.3) is 0 Å². The highest BCUT2D eigenvalue weighted by molar-refractivity contribution is 6.09. The van der Waals surface area contributed by atoms with Crippen molar-refractivity contribution in [3.8, 4) is 5.75 Å². The van der Waals surface area contributed by atoms with Gasteiger partial charge in [0.2, 0.25) is 5.91 Å². The van der Waals surface area contributed by atoms with Crippen LogP contribution >= 0.6 is 0 Å².